The van der Waals surface area contributed by atoms with Crippen molar-refractivity contribution < 1.29 is 22.7 Å². The van der Waals surface area contributed by atoms with Crippen LogP contribution in [-0.2, 0) is 15.0 Å². The highest BCUT2D eigenvalue weighted by molar-refractivity contribution is 7.92. The summed E-state index contributed by atoms with van der Waals surface area (Å²) in [6, 6.07) is 6.59. The maximum atomic E-state index is 15.3. The minimum Gasteiger partial charge on any atom is -0.506 e. The van der Waals surface area contributed by atoms with E-state index < -0.39 is 39.9 Å². The quantitative estimate of drug-likeness (QED) is 0.794. The first-order valence-electron chi connectivity index (χ1n) is 9.52. The van der Waals surface area contributed by atoms with E-state index in [1.807, 2.05) is 6.07 Å². The molecule has 2 heterocycles. The summed E-state index contributed by atoms with van der Waals surface area (Å²) >= 11 is 0. The molecular formula is C20H20FN3O4S. The van der Waals surface area contributed by atoms with Crippen molar-refractivity contribution in [1.29, 1.82) is 0 Å². The van der Waals surface area contributed by atoms with Crippen LogP contribution >= 0.6 is 0 Å². The summed E-state index contributed by atoms with van der Waals surface area (Å²) in [6.07, 6.45) is 4.71. The van der Waals surface area contributed by atoms with Crippen molar-refractivity contribution in [1.82, 2.24) is 9.62 Å². The lowest BCUT2D eigenvalue weighted by molar-refractivity contribution is -0.117. The van der Waals surface area contributed by atoms with Crippen LogP contribution in [0.3, 0.4) is 0 Å². The molecule has 152 valence electrons. The SMILES string of the molecule is O=C1CN(c2c(O)cc3ccc(C4=CCN(CC5CC5)C4)cc3c2F)S(=O)(=O)N1. The fourth-order valence-electron chi connectivity index (χ4n) is 4.03. The molecule has 0 spiro atoms. The molecular weight excluding hydrogens is 397 g/mol. The van der Waals surface area contributed by atoms with Crippen LogP contribution in [0.5, 0.6) is 5.75 Å². The number of phenolic OH excluding ortho intramolecular Hbond substituents is 1. The number of carbonyl (C=O) groups excluding carboxylic acids is 1. The zero-order chi connectivity index (χ0) is 20.3. The second-order valence-corrected chi connectivity index (χ2v) is 9.49. The van der Waals surface area contributed by atoms with Crippen LogP contribution in [0.2, 0.25) is 0 Å². The van der Waals surface area contributed by atoms with Gasteiger partial charge in [-0.1, -0.05) is 18.2 Å². The molecule has 0 atom stereocenters. The van der Waals surface area contributed by atoms with Gasteiger partial charge in [-0.05, 0) is 47.4 Å². The minimum absolute atomic E-state index is 0.200. The largest absolute Gasteiger partial charge is 0.506 e. The molecule has 1 aliphatic carbocycles. The maximum absolute atomic E-state index is 15.3. The molecule has 0 bridgehead atoms. The summed E-state index contributed by atoms with van der Waals surface area (Å²) in [5.74, 6) is -1.38. The van der Waals surface area contributed by atoms with Gasteiger partial charge in [0.05, 0.1) is 0 Å². The third-order valence-corrected chi connectivity index (χ3v) is 7.05. The van der Waals surface area contributed by atoms with Crippen molar-refractivity contribution in [2.24, 2.45) is 5.92 Å². The molecule has 29 heavy (non-hydrogen) atoms. The van der Waals surface area contributed by atoms with Gasteiger partial charge in [-0.25, -0.2) is 13.4 Å². The van der Waals surface area contributed by atoms with Gasteiger partial charge in [0.1, 0.15) is 18.0 Å². The number of halogens is 1. The van der Waals surface area contributed by atoms with E-state index in [0.717, 1.165) is 36.7 Å². The number of nitrogens with zero attached hydrogens (tertiary/aromatic N) is 2. The first-order chi connectivity index (χ1) is 13.8. The average Bonchev–Trinajstić information content (AvgIpc) is 3.26. The second kappa shape index (κ2) is 6.43. The Kier molecular flexibility index (Phi) is 4.08. The predicted octanol–water partition coefficient (Wildman–Crippen LogP) is 1.97. The van der Waals surface area contributed by atoms with Crippen molar-refractivity contribution in [2.45, 2.75) is 12.8 Å². The number of phenols is 1. The van der Waals surface area contributed by atoms with E-state index in [9.17, 15) is 18.3 Å². The van der Waals surface area contributed by atoms with Crippen LogP contribution in [0, 0.1) is 11.7 Å². The van der Waals surface area contributed by atoms with E-state index in [4.69, 9.17) is 0 Å². The number of anilines is 1. The molecule has 7 nitrogen and oxygen atoms in total. The molecule has 2 N–H and O–H groups in total. The lowest BCUT2D eigenvalue weighted by Gasteiger charge is -2.19. The lowest BCUT2D eigenvalue weighted by Crippen LogP contribution is -2.30. The number of amides is 1. The molecule has 2 aliphatic heterocycles. The first-order valence-corrected chi connectivity index (χ1v) is 11.0. The first kappa shape index (κ1) is 18.4. The molecule has 0 radical (unpaired) electrons. The number of carbonyl (C=O) groups is 1. The molecule has 5 rings (SSSR count). The van der Waals surface area contributed by atoms with E-state index >= 15 is 4.39 Å². The minimum atomic E-state index is -4.23. The van der Waals surface area contributed by atoms with Gasteiger partial charge in [0.25, 0.3) is 5.91 Å². The summed E-state index contributed by atoms with van der Waals surface area (Å²) in [4.78, 5) is 13.9. The fourth-order valence-corrected chi connectivity index (χ4v) is 5.20. The zero-order valence-corrected chi connectivity index (χ0v) is 16.4. The summed E-state index contributed by atoms with van der Waals surface area (Å²) in [7, 11) is -4.23. The van der Waals surface area contributed by atoms with Gasteiger partial charge in [-0.3, -0.25) is 9.69 Å². The summed E-state index contributed by atoms with van der Waals surface area (Å²) in [5, 5.41) is 10.9. The van der Waals surface area contributed by atoms with Crippen molar-refractivity contribution in [2.75, 3.05) is 30.5 Å². The molecule has 2 fully saturated rings. The summed E-state index contributed by atoms with van der Waals surface area (Å²) in [5.41, 5.74) is 1.46. The topological polar surface area (TPSA) is 90.0 Å². The van der Waals surface area contributed by atoms with Crippen molar-refractivity contribution in [3.05, 3.63) is 41.7 Å². The Hall–Kier alpha value is -2.65. The molecule has 9 heteroatoms. The molecule has 0 unspecified atom stereocenters. The average molecular weight is 417 g/mol. The van der Waals surface area contributed by atoms with Gasteiger partial charge < -0.3 is 5.11 Å². The number of fused-ring (bicyclic) bond motifs is 1. The van der Waals surface area contributed by atoms with E-state index in [-0.39, 0.29) is 5.39 Å². The highest BCUT2D eigenvalue weighted by Gasteiger charge is 2.38. The third kappa shape index (κ3) is 3.24. The van der Waals surface area contributed by atoms with Crippen LogP contribution in [0.15, 0.2) is 30.3 Å². The standard InChI is InChI=1S/C20H20FN3O4S/c21-19-16-7-13(15-5-6-23(10-15)9-12-1-2-12)3-4-14(16)8-17(25)20(19)24-11-18(26)22-29(24,27)28/h3-5,7-8,12,25H,1-2,6,9-11H2,(H,22,26). The number of hydrogen-bond donors (Lipinski definition) is 2. The Morgan fingerprint density at radius 2 is 2.00 bits per heavy atom. The number of nitrogens with one attached hydrogen (secondary N) is 1. The van der Waals surface area contributed by atoms with Crippen molar-refractivity contribution >= 4 is 38.1 Å². The van der Waals surface area contributed by atoms with Gasteiger partial charge >= 0.3 is 10.2 Å². The monoisotopic (exact) mass is 417 g/mol. The van der Waals surface area contributed by atoms with Crippen LogP contribution in [0.25, 0.3) is 16.3 Å². The summed E-state index contributed by atoms with van der Waals surface area (Å²) < 4.78 is 41.9. The molecule has 1 amide bonds. The molecule has 0 aromatic heterocycles. The number of hydrogen-bond acceptors (Lipinski definition) is 5. The van der Waals surface area contributed by atoms with Crippen LogP contribution in [0.4, 0.5) is 10.1 Å². The number of rotatable bonds is 4. The normalized spacial score (nSPS) is 21.6. The fraction of sp³-hybridized carbons (Fsp3) is 0.350. The molecule has 3 aliphatic rings. The van der Waals surface area contributed by atoms with E-state index in [2.05, 4.69) is 11.0 Å². The van der Waals surface area contributed by atoms with Crippen LogP contribution in [-0.4, -0.2) is 50.5 Å². The smallest absolute Gasteiger partial charge is 0.326 e. The van der Waals surface area contributed by atoms with Gasteiger partial charge in [0.2, 0.25) is 0 Å². The predicted molar refractivity (Wildman–Crippen MR) is 107 cm³/mol. The van der Waals surface area contributed by atoms with Gasteiger partial charge in [-0.15, -0.1) is 0 Å². The van der Waals surface area contributed by atoms with Gasteiger partial charge in [0.15, 0.2) is 5.82 Å². The lowest BCUT2D eigenvalue weighted by atomic mass is 10.0. The van der Waals surface area contributed by atoms with Gasteiger partial charge in [-0.2, -0.15) is 8.42 Å². The highest BCUT2D eigenvalue weighted by atomic mass is 32.2. The Bertz CT molecular complexity index is 1170. The molecule has 1 saturated carbocycles. The van der Waals surface area contributed by atoms with E-state index in [1.165, 1.54) is 18.9 Å². The van der Waals surface area contributed by atoms with E-state index in [0.29, 0.717) is 9.69 Å². The summed E-state index contributed by atoms with van der Waals surface area (Å²) in [6.45, 7) is 2.17. The molecule has 1 saturated heterocycles. The van der Waals surface area contributed by atoms with Crippen LogP contribution in [0.1, 0.15) is 18.4 Å². The highest BCUT2D eigenvalue weighted by Crippen LogP contribution is 2.39. The number of benzene rings is 2. The molecule has 2 aromatic rings. The van der Waals surface area contributed by atoms with Crippen LogP contribution < -0.4 is 9.03 Å². The maximum Gasteiger partial charge on any atom is 0.326 e. The van der Waals surface area contributed by atoms with Gasteiger partial charge in [0, 0.05) is 25.0 Å². The Morgan fingerprint density at radius 3 is 2.69 bits per heavy atom. The van der Waals surface area contributed by atoms with Crippen molar-refractivity contribution in [3.8, 4) is 5.75 Å². The number of aromatic hydroxyl groups is 1. The molecule has 2 aromatic carbocycles. The Morgan fingerprint density at radius 1 is 1.21 bits per heavy atom. The Balaban J connectivity index is 1.53. The van der Waals surface area contributed by atoms with Crippen molar-refractivity contribution in [3.63, 3.8) is 0 Å². The van der Waals surface area contributed by atoms with E-state index in [1.54, 1.807) is 16.9 Å². The second-order valence-electron chi connectivity index (χ2n) is 7.90. The third-order valence-electron chi connectivity index (χ3n) is 5.68. The zero-order valence-electron chi connectivity index (χ0n) is 15.6. The Labute approximate surface area is 167 Å².